The molecule has 20 heavy (non-hydrogen) atoms. The molecule has 0 amide bonds. The monoisotopic (exact) mass is 280 g/mol. The van der Waals surface area contributed by atoms with E-state index in [9.17, 15) is 14.5 Å². The lowest BCUT2D eigenvalue weighted by Gasteiger charge is -1.98. The van der Waals surface area contributed by atoms with E-state index in [1.54, 1.807) is 0 Å². The molecule has 2 aromatic rings. The van der Waals surface area contributed by atoms with E-state index in [1.165, 1.54) is 6.07 Å². The molecular formula is C12H13FN4O3. The Balaban J connectivity index is 2.21. The van der Waals surface area contributed by atoms with Crippen molar-refractivity contribution in [2.45, 2.75) is 19.9 Å². The summed E-state index contributed by atoms with van der Waals surface area (Å²) in [7, 11) is 0. The van der Waals surface area contributed by atoms with E-state index in [-0.39, 0.29) is 17.1 Å². The Bertz CT molecular complexity index is 614. The zero-order valence-corrected chi connectivity index (χ0v) is 10.8. The number of nitro groups is 1. The molecule has 0 fully saturated rings. The van der Waals surface area contributed by atoms with Crippen LogP contribution in [0.1, 0.15) is 19.2 Å². The Morgan fingerprint density at radius 1 is 1.40 bits per heavy atom. The van der Waals surface area contributed by atoms with E-state index in [0.717, 1.165) is 25.1 Å². The van der Waals surface area contributed by atoms with Gasteiger partial charge in [0.05, 0.1) is 17.5 Å². The van der Waals surface area contributed by atoms with Crippen molar-refractivity contribution in [2.75, 3.05) is 6.54 Å². The van der Waals surface area contributed by atoms with Gasteiger partial charge < -0.3 is 9.73 Å². The van der Waals surface area contributed by atoms with Crippen molar-refractivity contribution in [1.82, 2.24) is 15.5 Å². The fourth-order valence-electron chi connectivity index (χ4n) is 1.62. The van der Waals surface area contributed by atoms with Crippen LogP contribution in [-0.2, 0) is 6.54 Å². The van der Waals surface area contributed by atoms with Crippen LogP contribution in [0.25, 0.3) is 11.5 Å². The maximum Gasteiger partial charge on any atom is 0.273 e. The first kappa shape index (κ1) is 14.1. The lowest BCUT2D eigenvalue weighted by molar-refractivity contribution is -0.385. The summed E-state index contributed by atoms with van der Waals surface area (Å²) < 4.78 is 18.7. The summed E-state index contributed by atoms with van der Waals surface area (Å²) in [5, 5.41) is 21.3. The summed E-state index contributed by atoms with van der Waals surface area (Å²) in [6.07, 6.45) is 0.969. The average Bonchev–Trinajstić information content (AvgIpc) is 2.87. The van der Waals surface area contributed by atoms with Crippen molar-refractivity contribution in [3.8, 4) is 11.5 Å². The molecule has 0 bridgehead atoms. The lowest BCUT2D eigenvalue weighted by atomic mass is 10.2. The van der Waals surface area contributed by atoms with Gasteiger partial charge in [-0.25, -0.2) is 4.39 Å². The first-order chi connectivity index (χ1) is 9.60. The Kier molecular flexibility index (Phi) is 4.36. The second kappa shape index (κ2) is 6.20. The van der Waals surface area contributed by atoms with Gasteiger partial charge in [0.1, 0.15) is 5.82 Å². The molecule has 0 atom stereocenters. The third-order valence-corrected chi connectivity index (χ3v) is 2.51. The summed E-state index contributed by atoms with van der Waals surface area (Å²) in [6, 6.07) is 3.15. The maximum absolute atomic E-state index is 13.3. The highest BCUT2D eigenvalue weighted by molar-refractivity contribution is 5.57. The molecule has 0 saturated carbocycles. The quantitative estimate of drug-likeness (QED) is 0.495. The zero-order chi connectivity index (χ0) is 14.5. The Hall–Kier alpha value is -2.35. The maximum atomic E-state index is 13.3. The number of nitrogens with zero attached hydrogens (tertiary/aromatic N) is 3. The van der Waals surface area contributed by atoms with Crippen molar-refractivity contribution in [2.24, 2.45) is 0 Å². The predicted octanol–water partition coefficient (Wildman–Crippen LogP) is 2.28. The van der Waals surface area contributed by atoms with Gasteiger partial charge in [-0.05, 0) is 19.0 Å². The Morgan fingerprint density at radius 2 is 2.20 bits per heavy atom. The molecule has 0 aliphatic heterocycles. The number of halogens is 1. The number of benzene rings is 1. The van der Waals surface area contributed by atoms with Crippen molar-refractivity contribution in [1.29, 1.82) is 0 Å². The fraction of sp³-hybridized carbons (Fsp3) is 0.333. The fourth-order valence-corrected chi connectivity index (χ4v) is 1.62. The van der Waals surface area contributed by atoms with Crippen LogP contribution in [0.2, 0.25) is 0 Å². The summed E-state index contributed by atoms with van der Waals surface area (Å²) in [4.78, 5) is 10.0. The van der Waals surface area contributed by atoms with E-state index in [4.69, 9.17) is 4.42 Å². The van der Waals surface area contributed by atoms with Gasteiger partial charge in [-0.15, -0.1) is 10.2 Å². The number of hydrogen-bond acceptors (Lipinski definition) is 6. The first-order valence-corrected chi connectivity index (χ1v) is 6.08. The third kappa shape index (κ3) is 3.35. The SMILES string of the molecule is CCCNCc1nnc(-c2cc(F)cc([N+](=O)[O-])c2)o1. The molecular weight excluding hydrogens is 267 g/mol. The van der Waals surface area contributed by atoms with Crippen LogP contribution in [0.5, 0.6) is 0 Å². The number of nitro benzene ring substituents is 1. The molecule has 0 unspecified atom stereocenters. The molecule has 0 aliphatic rings. The molecule has 1 aromatic carbocycles. The van der Waals surface area contributed by atoms with Gasteiger partial charge in [0.15, 0.2) is 0 Å². The van der Waals surface area contributed by atoms with Gasteiger partial charge in [0.25, 0.3) is 5.69 Å². The van der Waals surface area contributed by atoms with Crippen LogP contribution in [0.3, 0.4) is 0 Å². The van der Waals surface area contributed by atoms with Gasteiger partial charge in [-0.2, -0.15) is 0 Å². The average molecular weight is 280 g/mol. The zero-order valence-electron chi connectivity index (χ0n) is 10.8. The standard InChI is InChI=1S/C12H13FN4O3/c1-2-3-14-7-11-15-16-12(20-11)8-4-9(13)6-10(5-8)17(18)19/h4-6,14H,2-3,7H2,1H3. The van der Waals surface area contributed by atoms with Gasteiger partial charge in [-0.3, -0.25) is 10.1 Å². The lowest BCUT2D eigenvalue weighted by Crippen LogP contribution is -2.13. The molecule has 106 valence electrons. The second-order valence-corrected chi connectivity index (χ2v) is 4.13. The van der Waals surface area contributed by atoms with Crippen molar-refractivity contribution >= 4 is 5.69 Å². The third-order valence-electron chi connectivity index (χ3n) is 2.51. The topological polar surface area (TPSA) is 94.1 Å². The molecule has 7 nitrogen and oxygen atoms in total. The second-order valence-electron chi connectivity index (χ2n) is 4.13. The van der Waals surface area contributed by atoms with Crippen molar-refractivity contribution in [3.05, 3.63) is 40.0 Å². The molecule has 0 spiro atoms. The number of non-ortho nitro benzene ring substituents is 1. The number of aromatic nitrogens is 2. The van der Waals surface area contributed by atoms with E-state index < -0.39 is 10.7 Å². The molecule has 8 heteroatoms. The van der Waals surface area contributed by atoms with Crippen LogP contribution >= 0.6 is 0 Å². The number of hydrogen-bond donors (Lipinski definition) is 1. The minimum absolute atomic E-state index is 0.0564. The summed E-state index contributed by atoms with van der Waals surface area (Å²) in [5.74, 6) is -0.320. The van der Waals surface area contributed by atoms with Crippen LogP contribution < -0.4 is 5.32 Å². The minimum Gasteiger partial charge on any atom is -0.419 e. The van der Waals surface area contributed by atoms with Gasteiger partial charge in [0, 0.05) is 11.6 Å². The normalized spacial score (nSPS) is 10.7. The highest BCUT2D eigenvalue weighted by atomic mass is 19.1. The van der Waals surface area contributed by atoms with Gasteiger partial charge >= 0.3 is 0 Å². The number of rotatable bonds is 6. The highest BCUT2D eigenvalue weighted by Gasteiger charge is 2.15. The molecule has 1 N–H and O–H groups in total. The molecule has 1 aromatic heterocycles. The van der Waals surface area contributed by atoms with E-state index in [1.807, 2.05) is 6.92 Å². The first-order valence-electron chi connectivity index (χ1n) is 6.08. The number of nitrogens with one attached hydrogen (secondary N) is 1. The van der Waals surface area contributed by atoms with Crippen LogP contribution in [-0.4, -0.2) is 21.7 Å². The van der Waals surface area contributed by atoms with E-state index in [0.29, 0.717) is 12.4 Å². The molecule has 0 aliphatic carbocycles. The van der Waals surface area contributed by atoms with Crippen molar-refractivity contribution < 1.29 is 13.7 Å². The smallest absolute Gasteiger partial charge is 0.273 e. The Labute approximate surface area is 114 Å². The van der Waals surface area contributed by atoms with Crippen LogP contribution in [0.15, 0.2) is 22.6 Å². The minimum atomic E-state index is -0.724. The van der Waals surface area contributed by atoms with E-state index >= 15 is 0 Å². The van der Waals surface area contributed by atoms with Crippen LogP contribution in [0.4, 0.5) is 10.1 Å². The predicted molar refractivity (Wildman–Crippen MR) is 68.3 cm³/mol. The summed E-state index contributed by atoms with van der Waals surface area (Å²) >= 11 is 0. The summed E-state index contributed by atoms with van der Waals surface area (Å²) in [5.41, 5.74) is -0.171. The molecule has 2 rings (SSSR count). The molecule has 1 heterocycles. The molecule has 0 radical (unpaired) electrons. The Morgan fingerprint density at radius 3 is 2.90 bits per heavy atom. The largest absolute Gasteiger partial charge is 0.419 e. The van der Waals surface area contributed by atoms with Crippen molar-refractivity contribution in [3.63, 3.8) is 0 Å². The van der Waals surface area contributed by atoms with E-state index in [2.05, 4.69) is 15.5 Å². The molecule has 0 saturated heterocycles. The highest BCUT2D eigenvalue weighted by Crippen LogP contribution is 2.24. The summed E-state index contributed by atoms with van der Waals surface area (Å²) in [6.45, 7) is 3.24. The van der Waals surface area contributed by atoms with Gasteiger partial charge in [0.2, 0.25) is 11.8 Å². The van der Waals surface area contributed by atoms with Crippen LogP contribution in [0, 0.1) is 15.9 Å². The van der Waals surface area contributed by atoms with Gasteiger partial charge in [-0.1, -0.05) is 6.92 Å².